The molecule has 0 unspecified atom stereocenters. The summed E-state index contributed by atoms with van der Waals surface area (Å²) in [6.45, 7) is 2.07. The molecule has 4 aromatic heterocycles. The zero-order valence-corrected chi connectivity index (χ0v) is 22.4. The van der Waals surface area contributed by atoms with E-state index in [2.05, 4.69) is 11.4 Å². The number of rotatable bonds is 8. The number of hydrogen-bond acceptors (Lipinski definition) is 9. The van der Waals surface area contributed by atoms with Crippen molar-refractivity contribution in [3.05, 3.63) is 92.6 Å². The second-order valence-corrected chi connectivity index (χ2v) is 10.7. The maximum atomic E-state index is 12.7. The molecule has 0 aliphatic carbocycles. The number of esters is 1. The number of hydrogen-bond donors (Lipinski definition) is 1. The van der Waals surface area contributed by atoms with Crippen LogP contribution < -0.4 is 5.32 Å². The van der Waals surface area contributed by atoms with Gasteiger partial charge in [0.05, 0.1) is 27.5 Å². The quantitative estimate of drug-likeness (QED) is 0.155. The number of benzene rings is 1. The van der Waals surface area contributed by atoms with Crippen molar-refractivity contribution in [3.63, 3.8) is 0 Å². The standard InChI is InChI=1S/C28H19N3O4S3/c1-2-34-28(33)18-9-7-17(8-10-18)21-12-11-20(35-21)15-19(16-29)26-30-24(22-5-3-13-36-22)27(38-26)31-25(32)23-6-4-14-37-23/h3-15H,2H2,1H3,(H,31,32)/b19-15+. The van der Waals surface area contributed by atoms with Crippen molar-refractivity contribution in [2.75, 3.05) is 11.9 Å². The number of furan rings is 1. The van der Waals surface area contributed by atoms with Gasteiger partial charge in [0.2, 0.25) is 0 Å². The second-order valence-electron chi connectivity index (χ2n) is 7.78. The first-order valence-corrected chi connectivity index (χ1v) is 14.0. The Labute approximate surface area is 230 Å². The largest absolute Gasteiger partial charge is 0.462 e. The van der Waals surface area contributed by atoms with Gasteiger partial charge in [0.25, 0.3) is 5.91 Å². The summed E-state index contributed by atoms with van der Waals surface area (Å²) in [5, 5.41) is 17.7. The van der Waals surface area contributed by atoms with Gasteiger partial charge in [-0.3, -0.25) is 4.79 Å². The Morgan fingerprint density at radius 1 is 1.08 bits per heavy atom. The molecule has 0 radical (unpaired) electrons. The maximum Gasteiger partial charge on any atom is 0.338 e. The third-order valence-electron chi connectivity index (χ3n) is 5.30. The molecule has 0 saturated heterocycles. The van der Waals surface area contributed by atoms with Crippen LogP contribution in [0.15, 0.2) is 75.8 Å². The predicted octanol–water partition coefficient (Wildman–Crippen LogP) is 7.69. The van der Waals surface area contributed by atoms with Gasteiger partial charge in [0, 0.05) is 11.6 Å². The van der Waals surface area contributed by atoms with Crippen LogP contribution in [0.4, 0.5) is 5.00 Å². The van der Waals surface area contributed by atoms with Gasteiger partial charge in [-0.15, -0.1) is 22.7 Å². The van der Waals surface area contributed by atoms with Crippen molar-refractivity contribution in [2.24, 2.45) is 0 Å². The van der Waals surface area contributed by atoms with Gasteiger partial charge in [-0.2, -0.15) is 5.26 Å². The lowest BCUT2D eigenvalue weighted by Gasteiger charge is -2.02. The van der Waals surface area contributed by atoms with Gasteiger partial charge < -0.3 is 14.5 Å². The number of carbonyl (C=O) groups is 2. The van der Waals surface area contributed by atoms with Crippen LogP contribution in [-0.2, 0) is 4.74 Å². The lowest BCUT2D eigenvalue weighted by atomic mass is 10.1. The summed E-state index contributed by atoms with van der Waals surface area (Å²) in [4.78, 5) is 30.8. The Balaban J connectivity index is 1.42. The molecule has 5 aromatic rings. The molecule has 0 fully saturated rings. The van der Waals surface area contributed by atoms with Crippen molar-refractivity contribution >= 4 is 62.5 Å². The summed E-state index contributed by atoms with van der Waals surface area (Å²) in [5.74, 6) is 0.464. The number of carbonyl (C=O) groups excluding carboxylic acids is 2. The molecule has 1 aromatic carbocycles. The molecule has 0 atom stereocenters. The van der Waals surface area contributed by atoms with Crippen LogP contribution >= 0.6 is 34.0 Å². The number of thiophene rings is 2. The van der Waals surface area contributed by atoms with Crippen LogP contribution in [0.25, 0.3) is 33.5 Å². The number of nitriles is 1. The van der Waals surface area contributed by atoms with E-state index in [0.717, 1.165) is 10.4 Å². The van der Waals surface area contributed by atoms with E-state index in [9.17, 15) is 14.9 Å². The minimum Gasteiger partial charge on any atom is -0.462 e. The maximum absolute atomic E-state index is 12.7. The summed E-state index contributed by atoms with van der Waals surface area (Å²) in [6, 6.07) is 20.1. The third kappa shape index (κ3) is 5.50. The summed E-state index contributed by atoms with van der Waals surface area (Å²) in [7, 11) is 0. The first-order valence-electron chi connectivity index (χ1n) is 11.4. The van der Waals surface area contributed by atoms with E-state index in [1.807, 2.05) is 29.0 Å². The van der Waals surface area contributed by atoms with Crippen LogP contribution in [0.5, 0.6) is 0 Å². The van der Waals surface area contributed by atoms with Crippen LogP contribution in [0.1, 0.15) is 37.7 Å². The summed E-state index contributed by atoms with van der Waals surface area (Å²) in [5.41, 5.74) is 2.17. The molecule has 5 rings (SSSR count). The van der Waals surface area contributed by atoms with E-state index in [1.165, 1.54) is 34.0 Å². The van der Waals surface area contributed by atoms with E-state index in [4.69, 9.17) is 14.1 Å². The topological polar surface area (TPSA) is 105 Å². The average molecular weight is 558 g/mol. The molecule has 0 aliphatic rings. The SMILES string of the molecule is CCOC(=O)c1ccc(-c2ccc(/C=C(\C#N)c3nc(-c4cccs4)c(NC(=O)c4cccs4)s3)o2)cc1. The lowest BCUT2D eigenvalue weighted by molar-refractivity contribution is 0.0526. The smallest absolute Gasteiger partial charge is 0.338 e. The number of thiazole rings is 1. The van der Waals surface area contributed by atoms with Crippen LogP contribution in [0.2, 0.25) is 0 Å². The molecular formula is C28H19N3O4S3. The molecule has 188 valence electrons. The fourth-order valence-electron chi connectivity index (χ4n) is 3.53. The molecule has 0 saturated carbocycles. The predicted molar refractivity (Wildman–Crippen MR) is 151 cm³/mol. The van der Waals surface area contributed by atoms with Gasteiger partial charge in [-0.05, 0) is 54.1 Å². The molecule has 0 spiro atoms. The van der Waals surface area contributed by atoms with E-state index in [0.29, 0.717) is 49.8 Å². The minimum atomic E-state index is -0.378. The highest BCUT2D eigenvalue weighted by Gasteiger charge is 2.20. The molecule has 7 nitrogen and oxygen atoms in total. The zero-order valence-electron chi connectivity index (χ0n) is 20.0. The van der Waals surface area contributed by atoms with E-state index in [1.54, 1.807) is 55.5 Å². The van der Waals surface area contributed by atoms with Gasteiger partial charge in [-0.25, -0.2) is 9.78 Å². The highest BCUT2D eigenvalue weighted by Crippen LogP contribution is 2.39. The number of aromatic nitrogens is 1. The molecular weight excluding hydrogens is 539 g/mol. The molecule has 4 heterocycles. The third-order valence-corrected chi connectivity index (χ3v) is 8.05. The normalized spacial score (nSPS) is 11.2. The first kappa shape index (κ1) is 25.4. The van der Waals surface area contributed by atoms with Crippen LogP contribution in [0, 0.1) is 11.3 Å². The highest BCUT2D eigenvalue weighted by atomic mass is 32.1. The fourth-order valence-corrected chi connectivity index (χ4v) is 5.87. The van der Waals surface area contributed by atoms with Crippen LogP contribution in [0.3, 0.4) is 0 Å². The fraction of sp³-hybridized carbons (Fsp3) is 0.0714. The average Bonchev–Trinajstić information content (AvgIpc) is 3.75. The first-order chi connectivity index (χ1) is 18.6. The van der Waals surface area contributed by atoms with Crippen molar-refractivity contribution in [2.45, 2.75) is 6.92 Å². The Bertz CT molecular complexity index is 1640. The number of nitrogens with one attached hydrogen (secondary N) is 1. The summed E-state index contributed by atoms with van der Waals surface area (Å²) < 4.78 is 11.0. The van der Waals surface area contributed by atoms with E-state index >= 15 is 0 Å². The van der Waals surface area contributed by atoms with Crippen LogP contribution in [-0.4, -0.2) is 23.5 Å². The Hall–Kier alpha value is -4.30. The monoisotopic (exact) mass is 557 g/mol. The van der Waals surface area contributed by atoms with Crippen molar-refractivity contribution in [1.29, 1.82) is 5.26 Å². The number of anilines is 1. The van der Waals surface area contributed by atoms with Gasteiger partial charge in [0.1, 0.15) is 33.3 Å². The zero-order chi connectivity index (χ0) is 26.5. The Kier molecular flexibility index (Phi) is 7.60. The van der Waals surface area contributed by atoms with Gasteiger partial charge >= 0.3 is 5.97 Å². The lowest BCUT2D eigenvalue weighted by Crippen LogP contribution is -2.09. The molecule has 10 heteroatoms. The molecule has 38 heavy (non-hydrogen) atoms. The molecule has 0 aliphatic heterocycles. The van der Waals surface area contributed by atoms with E-state index in [-0.39, 0.29) is 11.9 Å². The summed E-state index contributed by atoms with van der Waals surface area (Å²) >= 11 is 4.10. The second kappa shape index (κ2) is 11.4. The minimum absolute atomic E-state index is 0.222. The number of ether oxygens (including phenoxy) is 1. The Morgan fingerprint density at radius 3 is 2.55 bits per heavy atom. The van der Waals surface area contributed by atoms with Crippen molar-refractivity contribution in [3.8, 4) is 28.0 Å². The van der Waals surface area contributed by atoms with Gasteiger partial charge in [-0.1, -0.05) is 35.6 Å². The van der Waals surface area contributed by atoms with Crippen molar-refractivity contribution in [1.82, 2.24) is 4.98 Å². The molecule has 0 bridgehead atoms. The molecule has 1 N–H and O–H groups in total. The van der Waals surface area contributed by atoms with Gasteiger partial charge in [0.15, 0.2) is 0 Å². The summed E-state index contributed by atoms with van der Waals surface area (Å²) in [6.07, 6.45) is 1.62. The number of nitrogens with zero attached hydrogens (tertiary/aromatic N) is 2. The highest BCUT2D eigenvalue weighted by molar-refractivity contribution is 7.19. The van der Waals surface area contributed by atoms with E-state index < -0.39 is 0 Å². The number of allylic oxidation sites excluding steroid dienone is 1. The Morgan fingerprint density at radius 2 is 1.87 bits per heavy atom. The van der Waals surface area contributed by atoms with Crippen molar-refractivity contribution < 1.29 is 18.7 Å². The number of amides is 1. The molecule has 1 amide bonds.